The SMILES string of the molecule is CC1(C)CC(=C2C(=S)CC(=S)CC2=S)C(C#N)=C(N2CCCC2)C1. The van der Waals surface area contributed by atoms with E-state index in [9.17, 15) is 5.26 Å². The van der Waals surface area contributed by atoms with Gasteiger partial charge in [-0.2, -0.15) is 5.26 Å². The summed E-state index contributed by atoms with van der Waals surface area (Å²) in [5.74, 6) is 0. The minimum absolute atomic E-state index is 0.115. The molecule has 126 valence electrons. The molecule has 0 atom stereocenters. The van der Waals surface area contributed by atoms with Crippen molar-refractivity contribution in [3.8, 4) is 6.07 Å². The maximum Gasteiger partial charge on any atom is 0.101 e. The lowest BCUT2D eigenvalue weighted by Crippen LogP contribution is -2.32. The maximum atomic E-state index is 9.94. The Morgan fingerprint density at radius 3 is 2.12 bits per heavy atom. The Balaban J connectivity index is 2.17. The molecule has 2 fully saturated rings. The first-order chi connectivity index (χ1) is 11.3. The fraction of sp³-hybridized carbons (Fsp3) is 0.579. The highest BCUT2D eigenvalue weighted by molar-refractivity contribution is 7.84. The van der Waals surface area contributed by atoms with Crippen molar-refractivity contribution in [1.29, 1.82) is 5.26 Å². The summed E-state index contributed by atoms with van der Waals surface area (Å²) in [7, 11) is 0. The maximum absolute atomic E-state index is 9.94. The van der Waals surface area contributed by atoms with E-state index in [4.69, 9.17) is 36.7 Å². The van der Waals surface area contributed by atoms with Gasteiger partial charge >= 0.3 is 0 Å². The van der Waals surface area contributed by atoms with Crippen molar-refractivity contribution < 1.29 is 0 Å². The lowest BCUT2D eigenvalue weighted by molar-refractivity contribution is 0.287. The Morgan fingerprint density at radius 2 is 1.58 bits per heavy atom. The third-order valence-corrected chi connectivity index (χ3v) is 6.05. The van der Waals surface area contributed by atoms with Gasteiger partial charge in [-0.05, 0) is 36.7 Å². The van der Waals surface area contributed by atoms with Gasteiger partial charge in [0, 0.05) is 51.8 Å². The van der Waals surface area contributed by atoms with Crippen LogP contribution < -0.4 is 0 Å². The average molecular weight is 375 g/mol. The van der Waals surface area contributed by atoms with Crippen LogP contribution in [0.2, 0.25) is 0 Å². The molecule has 0 N–H and O–H groups in total. The first-order valence-electron chi connectivity index (χ1n) is 8.52. The molecule has 0 aromatic carbocycles. The van der Waals surface area contributed by atoms with E-state index in [0.717, 1.165) is 57.2 Å². The molecule has 3 aliphatic rings. The smallest absolute Gasteiger partial charge is 0.101 e. The van der Waals surface area contributed by atoms with Gasteiger partial charge in [0.25, 0.3) is 0 Å². The predicted octanol–water partition coefficient (Wildman–Crippen LogP) is 4.88. The van der Waals surface area contributed by atoms with Gasteiger partial charge in [-0.25, -0.2) is 0 Å². The van der Waals surface area contributed by atoms with Crippen molar-refractivity contribution in [3.05, 3.63) is 22.4 Å². The van der Waals surface area contributed by atoms with Gasteiger partial charge < -0.3 is 4.90 Å². The van der Waals surface area contributed by atoms with Crippen LogP contribution in [0.25, 0.3) is 0 Å². The van der Waals surface area contributed by atoms with Gasteiger partial charge in [-0.3, -0.25) is 0 Å². The topological polar surface area (TPSA) is 27.0 Å². The molecule has 0 radical (unpaired) electrons. The van der Waals surface area contributed by atoms with Gasteiger partial charge in [0.2, 0.25) is 0 Å². The van der Waals surface area contributed by atoms with Crippen molar-refractivity contribution in [2.45, 2.75) is 52.4 Å². The zero-order valence-corrected chi connectivity index (χ0v) is 16.7. The first kappa shape index (κ1) is 17.8. The van der Waals surface area contributed by atoms with Crippen LogP contribution in [-0.4, -0.2) is 32.6 Å². The summed E-state index contributed by atoms with van der Waals surface area (Å²) in [5.41, 5.74) is 4.20. The molecule has 24 heavy (non-hydrogen) atoms. The monoisotopic (exact) mass is 374 g/mol. The summed E-state index contributed by atoms with van der Waals surface area (Å²) in [4.78, 5) is 4.99. The fourth-order valence-electron chi connectivity index (χ4n) is 4.04. The second kappa shape index (κ2) is 6.74. The number of hydrogen-bond donors (Lipinski definition) is 0. The van der Waals surface area contributed by atoms with Crippen LogP contribution in [0.3, 0.4) is 0 Å². The quantitative estimate of drug-likeness (QED) is 0.481. The summed E-state index contributed by atoms with van der Waals surface area (Å²) >= 11 is 16.6. The summed E-state index contributed by atoms with van der Waals surface area (Å²) in [6, 6.07) is 2.50. The first-order valence-corrected chi connectivity index (χ1v) is 9.75. The van der Waals surface area contributed by atoms with Crippen LogP contribution in [0.4, 0.5) is 0 Å². The van der Waals surface area contributed by atoms with E-state index in [0.29, 0.717) is 12.8 Å². The Hall–Kier alpha value is -0.960. The molecule has 0 spiro atoms. The minimum atomic E-state index is 0.115. The number of rotatable bonds is 1. The summed E-state index contributed by atoms with van der Waals surface area (Å²) in [6.07, 6.45) is 5.53. The molecule has 0 unspecified atom stereocenters. The molecular formula is C19H22N2S3. The van der Waals surface area contributed by atoms with Crippen LogP contribution in [0.5, 0.6) is 0 Å². The molecule has 0 aromatic rings. The second-order valence-electron chi connectivity index (χ2n) is 7.74. The molecule has 0 aromatic heterocycles. The Kier molecular flexibility index (Phi) is 5.01. The Labute approximate surface area is 160 Å². The molecule has 1 saturated heterocycles. The van der Waals surface area contributed by atoms with Crippen LogP contribution in [0.1, 0.15) is 52.4 Å². The predicted molar refractivity (Wildman–Crippen MR) is 111 cm³/mol. The number of hydrogen-bond acceptors (Lipinski definition) is 5. The lowest BCUT2D eigenvalue weighted by atomic mass is 9.71. The third-order valence-electron chi connectivity index (χ3n) is 5.07. The number of allylic oxidation sites excluding steroid dienone is 4. The van der Waals surface area contributed by atoms with E-state index in [2.05, 4.69) is 24.8 Å². The highest BCUT2D eigenvalue weighted by Crippen LogP contribution is 2.45. The van der Waals surface area contributed by atoms with Crippen LogP contribution in [0, 0.1) is 16.7 Å². The number of thiocarbonyl (C=S) groups is 3. The van der Waals surface area contributed by atoms with Gasteiger partial charge in [0.15, 0.2) is 0 Å². The molecule has 2 aliphatic carbocycles. The summed E-state index contributed by atoms with van der Waals surface area (Å²) in [6.45, 7) is 6.66. The molecule has 5 heteroatoms. The van der Waals surface area contributed by atoms with E-state index in [1.165, 1.54) is 18.5 Å². The molecule has 1 aliphatic heterocycles. The molecule has 2 nitrogen and oxygen atoms in total. The largest absolute Gasteiger partial charge is 0.374 e. The van der Waals surface area contributed by atoms with Gasteiger partial charge in [0.05, 0.1) is 5.57 Å². The summed E-state index contributed by atoms with van der Waals surface area (Å²) in [5, 5.41) is 9.94. The highest BCUT2D eigenvalue weighted by atomic mass is 32.1. The normalized spacial score (nSPS) is 24.7. The average Bonchev–Trinajstić information content (AvgIpc) is 2.98. The van der Waals surface area contributed by atoms with E-state index in [-0.39, 0.29) is 5.41 Å². The van der Waals surface area contributed by atoms with Gasteiger partial charge in [-0.1, -0.05) is 50.5 Å². The van der Waals surface area contributed by atoms with Crippen molar-refractivity contribution in [1.82, 2.24) is 4.90 Å². The number of nitriles is 1. The zero-order valence-electron chi connectivity index (χ0n) is 14.3. The Morgan fingerprint density at radius 1 is 1.00 bits per heavy atom. The van der Waals surface area contributed by atoms with Crippen LogP contribution >= 0.6 is 36.7 Å². The molecule has 0 amide bonds. The number of nitrogens with zero attached hydrogens (tertiary/aromatic N) is 2. The number of likely N-dealkylation sites (tertiary alicyclic amines) is 1. The fourth-order valence-corrected chi connectivity index (χ4v) is 5.41. The summed E-state index contributed by atoms with van der Waals surface area (Å²) < 4.78 is 0. The zero-order chi connectivity index (χ0) is 17.5. The van der Waals surface area contributed by atoms with Crippen LogP contribution in [0.15, 0.2) is 22.4 Å². The van der Waals surface area contributed by atoms with Crippen molar-refractivity contribution in [2.24, 2.45) is 5.41 Å². The van der Waals surface area contributed by atoms with E-state index < -0.39 is 0 Å². The second-order valence-corrected chi connectivity index (χ2v) is 9.30. The standard InChI is InChI=1S/C19H22N2S3/c1-19(2)9-13(18-16(23)7-12(22)8-17(18)24)14(11-20)15(10-19)21-5-3-4-6-21/h3-10H2,1-2H3. The van der Waals surface area contributed by atoms with Crippen molar-refractivity contribution in [2.75, 3.05) is 13.1 Å². The third kappa shape index (κ3) is 3.37. The van der Waals surface area contributed by atoms with Crippen molar-refractivity contribution in [3.63, 3.8) is 0 Å². The highest BCUT2D eigenvalue weighted by Gasteiger charge is 2.37. The molecule has 1 saturated carbocycles. The molecular weight excluding hydrogens is 352 g/mol. The van der Waals surface area contributed by atoms with E-state index >= 15 is 0 Å². The van der Waals surface area contributed by atoms with Gasteiger partial charge in [-0.15, -0.1) is 0 Å². The Bertz CT molecular complexity index is 706. The molecule has 3 rings (SSSR count). The van der Waals surface area contributed by atoms with E-state index in [1.807, 2.05) is 0 Å². The van der Waals surface area contributed by atoms with E-state index in [1.54, 1.807) is 0 Å². The lowest BCUT2D eigenvalue weighted by Gasteiger charge is -2.38. The van der Waals surface area contributed by atoms with Gasteiger partial charge in [0.1, 0.15) is 6.07 Å². The van der Waals surface area contributed by atoms with Crippen LogP contribution in [-0.2, 0) is 0 Å². The van der Waals surface area contributed by atoms with Crippen molar-refractivity contribution >= 4 is 51.2 Å². The molecule has 1 heterocycles. The minimum Gasteiger partial charge on any atom is -0.374 e. The molecule has 0 bridgehead atoms.